The van der Waals surface area contributed by atoms with E-state index in [0.29, 0.717) is 28.7 Å². The summed E-state index contributed by atoms with van der Waals surface area (Å²) in [6.07, 6.45) is 1.54. The van der Waals surface area contributed by atoms with E-state index in [4.69, 9.17) is 4.74 Å². The first-order chi connectivity index (χ1) is 14.1. The molecule has 0 bridgehead atoms. The molecule has 7 nitrogen and oxygen atoms in total. The highest BCUT2D eigenvalue weighted by Gasteiger charge is 2.20. The zero-order valence-corrected chi connectivity index (χ0v) is 16.7. The molecule has 0 aliphatic carbocycles. The number of nitrogens with one attached hydrogen (secondary N) is 1. The normalized spacial score (nSPS) is 13.6. The van der Waals surface area contributed by atoms with Gasteiger partial charge in [-0.25, -0.2) is 0 Å². The monoisotopic (exact) mass is 408 g/mol. The number of nitrogens with zero attached hydrogens (tertiary/aromatic N) is 3. The Balaban J connectivity index is 1.39. The first-order valence-corrected chi connectivity index (χ1v) is 10.1. The molecule has 1 saturated heterocycles. The number of carbonyl (C=O) groups excluding carboxylic acids is 2. The maximum Gasteiger partial charge on any atom is 0.257 e. The Bertz CT molecular complexity index is 1020. The second-order valence-electron chi connectivity index (χ2n) is 6.71. The number of aromatic nitrogens is 2. The molecule has 8 heteroatoms. The fourth-order valence-electron chi connectivity index (χ4n) is 3.15. The van der Waals surface area contributed by atoms with Crippen molar-refractivity contribution in [3.63, 3.8) is 0 Å². The van der Waals surface area contributed by atoms with E-state index in [-0.39, 0.29) is 11.8 Å². The second-order valence-corrected chi connectivity index (χ2v) is 7.69. The number of hydrogen-bond acceptors (Lipinski definition) is 6. The van der Waals surface area contributed by atoms with Crippen LogP contribution in [0.1, 0.15) is 28.8 Å². The minimum Gasteiger partial charge on any atom is -0.497 e. The van der Waals surface area contributed by atoms with Crippen LogP contribution in [-0.4, -0.2) is 40.6 Å². The molecule has 1 aliphatic heterocycles. The maximum atomic E-state index is 12.5. The number of anilines is 1. The molecule has 4 rings (SSSR count). The summed E-state index contributed by atoms with van der Waals surface area (Å²) in [5.74, 6) is 0.714. The molecule has 0 atom stereocenters. The lowest BCUT2D eigenvalue weighted by Gasteiger charge is -2.15. The van der Waals surface area contributed by atoms with Gasteiger partial charge in [-0.1, -0.05) is 23.5 Å². The lowest BCUT2D eigenvalue weighted by Crippen LogP contribution is -2.23. The van der Waals surface area contributed by atoms with Crippen LogP contribution in [0.3, 0.4) is 0 Å². The van der Waals surface area contributed by atoms with Gasteiger partial charge in [-0.3, -0.25) is 14.9 Å². The van der Waals surface area contributed by atoms with E-state index >= 15 is 0 Å². The maximum absolute atomic E-state index is 12.5. The molecule has 1 fully saturated rings. The van der Waals surface area contributed by atoms with Crippen molar-refractivity contribution in [2.24, 2.45) is 0 Å². The number of methoxy groups -OCH3 is 1. The molecule has 2 aromatic carbocycles. The average Bonchev–Trinajstić information content (AvgIpc) is 3.38. The van der Waals surface area contributed by atoms with E-state index in [9.17, 15) is 9.59 Å². The van der Waals surface area contributed by atoms with Crippen molar-refractivity contribution < 1.29 is 14.3 Å². The Kier molecular flexibility index (Phi) is 5.53. The summed E-state index contributed by atoms with van der Waals surface area (Å²) >= 11 is 1.31. The highest BCUT2D eigenvalue weighted by atomic mass is 32.1. The SMILES string of the molecule is COc1ccc(-c2nnc(NC(=O)c3ccc(CN4CCCC4=O)cc3)s2)cc1. The number of ether oxygens (including phenoxy) is 1. The van der Waals surface area contributed by atoms with Crippen molar-refractivity contribution in [2.45, 2.75) is 19.4 Å². The minimum atomic E-state index is -0.244. The van der Waals surface area contributed by atoms with Gasteiger partial charge < -0.3 is 9.64 Å². The summed E-state index contributed by atoms with van der Waals surface area (Å²) in [6.45, 7) is 1.39. The van der Waals surface area contributed by atoms with Gasteiger partial charge in [-0.15, -0.1) is 10.2 Å². The van der Waals surface area contributed by atoms with E-state index in [2.05, 4.69) is 15.5 Å². The van der Waals surface area contributed by atoms with E-state index in [1.165, 1.54) is 11.3 Å². The Hall–Kier alpha value is -3.26. The fraction of sp³-hybridized carbons (Fsp3) is 0.238. The molecule has 0 radical (unpaired) electrons. The van der Waals surface area contributed by atoms with Crippen molar-refractivity contribution in [2.75, 3.05) is 19.0 Å². The molecule has 148 valence electrons. The molecule has 0 unspecified atom stereocenters. The standard InChI is InChI=1S/C21H20N4O3S/c1-28-17-10-8-16(9-11-17)20-23-24-21(29-20)22-19(27)15-6-4-14(5-7-15)13-25-12-2-3-18(25)26/h4-11H,2-3,12-13H2,1H3,(H,22,24,27). The molecule has 0 spiro atoms. The third-order valence-corrected chi connectivity index (χ3v) is 5.63. The molecule has 2 amide bonds. The summed E-state index contributed by atoms with van der Waals surface area (Å²) in [4.78, 5) is 26.1. The predicted molar refractivity (Wildman–Crippen MR) is 111 cm³/mol. The predicted octanol–water partition coefficient (Wildman–Crippen LogP) is 3.59. The second kappa shape index (κ2) is 8.40. The Morgan fingerprint density at radius 3 is 2.55 bits per heavy atom. The Morgan fingerprint density at radius 1 is 1.14 bits per heavy atom. The van der Waals surface area contributed by atoms with Gasteiger partial charge in [0.25, 0.3) is 5.91 Å². The lowest BCUT2D eigenvalue weighted by molar-refractivity contribution is -0.128. The molecule has 3 aromatic rings. The third kappa shape index (κ3) is 4.43. The zero-order valence-electron chi connectivity index (χ0n) is 15.9. The summed E-state index contributed by atoms with van der Waals surface area (Å²) < 4.78 is 5.15. The van der Waals surface area contributed by atoms with Crippen LogP contribution in [0.15, 0.2) is 48.5 Å². The first kappa shape index (κ1) is 19.1. The number of rotatable bonds is 6. The van der Waals surface area contributed by atoms with Crippen molar-refractivity contribution in [1.82, 2.24) is 15.1 Å². The van der Waals surface area contributed by atoms with Gasteiger partial charge in [0.1, 0.15) is 10.8 Å². The average molecular weight is 408 g/mol. The van der Waals surface area contributed by atoms with Crippen LogP contribution in [0.5, 0.6) is 5.75 Å². The van der Waals surface area contributed by atoms with Gasteiger partial charge in [-0.05, 0) is 48.4 Å². The van der Waals surface area contributed by atoms with Crippen molar-refractivity contribution >= 4 is 28.3 Å². The number of amides is 2. The van der Waals surface area contributed by atoms with Crippen LogP contribution in [0.25, 0.3) is 10.6 Å². The topological polar surface area (TPSA) is 84.4 Å². The third-order valence-electron chi connectivity index (χ3n) is 4.74. The quantitative estimate of drug-likeness (QED) is 0.674. The molecule has 2 heterocycles. The number of benzene rings is 2. The van der Waals surface area contributed by atoms with Gasteiger partial charge in [0, 0.05) is 30.6 Å². The van der Waals surface area contributed by atoms with Crippen LogP contribution in [0.2, 0.25) is 0 Å². The lowest BCUT2D eigenvalue weighted by atomic mass is 10.1. The van der Waals surface area contributed by atoms with Gasteiger partial charge in [0.2, 0.25) is 11.0 Å². The molecular formula is C21H20N4O3S. The Labute approximate surface area is 172 Å². The van der Waals surface area contributed by atoms with Gasteiger partial charge in [0.05, 0.1) is 7.11 Å². The van der Waals surface area contributed by atoms with Crippen LogP contribution >= 0.6 is 11.3 Å². The van der Waals surface area contributed by atoms with Gasteiger partial charge in [0.15, 0.2) is 0 Å². The smallest absolute Gasteiger partial charge is 0.257 e. The molecule has 1 aromatic heterocycles. The fourth-order valence-corrected chi connectivity index (χ4v) is 3.89. The van der Waals surface area contributed by atoms with E-state index in [1.54, 1.807) is 19.2 Å². The number of hydrogen-bond donors (Lipinski definition) is 1. The summed E-state index contributed by atoms with van der Waals surface area (Å²) in [7, 11) is 1.62. The van der Waals surface area contributed by atoms with Crippen LogP contribution in [-0.2, 0) is 11.3 Å². The van der Waals surface area contributed by atoms with E-state index in [0.717, 1.165) is 29.8 Å². The van der Waals surface area contributed by atoms with Crippen LogP contribution in [0, 0.1) is 0 Å². The number of carbonyl (C=O) groups is 2. The molecule has 1 aliphatic rings. The molecule has 0 saturated carbocycles. The molecular weight excluding hydrogens is 388 g/mol. The summed E-state index contributed by atoms with van der Waals surface area (Å²) in [5, 5.41) is 12.1. The Morgan fingerprint density at radius 2 is 1.90 bits per heavy atom. The van der Waals surface area contributed by atoms with E-state index in [1.807, 2.05) is 41.3 Å². The first-order valence-electron chi connectivity index (χ1n) is 9.28. The molecule has 29 heavy (non-hydrogen) atoms. The zero-order chi connectivity index (χ0) is 20.2. The highest BCUT2D eigenvalue weighted by Crippen LogP contribution is 2.28. The number of likely N-dealkylation sites (tertiary alicyclic amines) is 1. The van der Waals surface area contributed by atoms with Crippen LogP contribution < -0.4 is 10.1 Å². The highest BCUT2D eigenvalue weighted by molar-refractivity contribution is 7.18. The largest absolute Gasteiger partial charge is 0.497 e. The summed E-state index contributed by atoms with van der Waals surface area (Å²) in [6, 6.07) is 14.8. The minimum absolute atomic E-state index is 0.191. The van der Waals surface area contributed by atoms with Crippen molar-refractivity contribution in [3.8, 4) is 16.3 Å². The van der Waals surface area contributed by atoms with Crippen molar-refractivity contribution in [1.29, 1.82) is 0 Å². The van der Waals surface area contributed by atoms with Crippen LogP contribution in [0.4, 0.5) is 5.13 Å². The van der Waals surface area contributed by atoms with Crippen molar-refractivity contribution in [3.05, 3.63) is 59.7 Å². The van der Waals surface area contributed by atoms with Gasteiger partial charge in [-0.2, -0.15) is 0 Å². The summed E-state index contributed by atoms with van der Waals surface area (Å²) in [5.41, 5.74) is 2.45. The molecule has 1 N–H and O–H groups in total. The van der Waals surface area contributed by atoms with Gasteiger partial charge >= 0.3 is 0 Å². The van der Waals surface area contributed by atoms with E-state index < -0.39 is 0 Å².